The number of carbonyl (C=O) groups excluding carboxylic acids is 3. The highest BCUT2D eigenvalue weighted by Gasteiger charge is 2.48. The highest BCUT2D eigenvalue weighted by Crippen LogP contribution is 2.31. The van der Waals surface area contributed by atoms with Crippen LogP contribution in [0.2, 0.25) is 0 Å². The van der Waals surface area contributed by atoms with Crippen LogP contribution in [-0.2, 0) is 25.7 Å². The van der Waals surface area contributed by atoms with Gasteiger partial charge in [-0.1, -0.05) is 29.8 Å². The van der Waals surface area contributed by atoms with Crippen molar-refractivity contribution in [3.8, 4) is 0 Å². The van der Waals surface area contributed by atoms with Crippen LogP contribution in [0.15, 0.2) is 24.3 Å². The Morgan fingerprint density at radius 1 is 1.24 bits per heavy atom. The monoisotopic (exact) mass is 346 g/mol. The number of hydrogen-bond acceptors (Lipinski definition) is 4. The number of rotatable bonds is 5. The van der Waals surface area contributed by atoms with Gasteiger partial charge in [-0.2, -0.15) is 0 Å². The van der Waals surface area contributed by atoms with E-state index in [-0.39, 0.29) is 13.0 Å². The average molecular weight is 346 g/mol. The number of nitrogens with one attached hydrogen (secondary N) is 1. The molecule has 2 rings (SSSR count). The summed E-state index contributed by atoms with van der Waals surface area (Å²) in [6.07, 6.45) is 0.0375. The van der Waals surface area contributed by atoms with E-state index in [9.17, 15) is 19.2 Å². The summed E-state index contributed by atoms with van der Waals surface area (Å²) in [5, 5.41) is 10.8. The van der Waals surface area contributed by atoms with Gasteiger partial charge in [0.2, 0.25) is 11.8 Å². The van der Waals surface area contributed by atoms with E-state index in [1.807, 2.05) is 31.2 Å². The highest BCUT2D eigenvalue weighted by atomic mass is 16.4. The third-order valence-corrected chi connectivity index (χ3v) is 4.31. The third-order valence-electron chi connectivity index (χ3n) is 4.31. The molecule has 1 aliphatic rings. The van der Waals surface area contributed by atoms with E-state index < -0.39 is 41.6 Å². The van der Waals surface area contributed by atoms with Gasteiger partial charge >= 0.3 is 5.97 Å². The molecule has 0 aromatic heterocycles. The standard InChI is InChI=1S/C18H22N2O5/c1-11-4-6-12(7-5-11)10-20-17(25)15(13(21)8-18(20,2)3)16(24)19-9-14(22)23/h4-7,15H,8-10H2,1-3H3,(H,19,24)(H,22,23). The maximum Gasteiger partial charge on any atom is 0.322 e. The van der Waals surface area contributed by atoms with Gasteiger partial charge in [-0.15, -0.1) is 0 Å². The molecule has 1 unspecified atom stereocenters. The Bertz CT molecular complexity index is 709. The average Bonchev–Trinajstić information content (AvgIpc) is 2.50. The number of nitrogens with zero attached hydrogens (tertiary/aromatic N) is 1. The predicted octanol–water partition coefficient (Wildman–Crippen LogP) is 0.892. The number of amides is 2. The Morgan fingerprint density at radius 3 is 2.40 bits per heavy atom. The fourth-order valence-electron chi connectivity index (χ4n) is 2.91. The summed E-state index contributed by atoms with van der Waals surface area (Å²) in [4.78, 5) is 49.3. The van der Waals surface area contributed by atoms with E-state index in [1.54, 1.807) is 13.8 Å². The molecule has 7 heteroatoms. The van der Waals surface area contributed by atoms with Crippen molar-refractivity contribution in [3.05, 3.63) is 35.4 Å². The van der Waals surface area contributed by atoms with Crippen LogP contribution in [0.4, 0.5) is 0 Å². The number of carbonyl (C=O) groups is 4. The first-order valence-corrected chi connectivity index (χ1v) is 8.01. The molecule has 1 heterocycles. The minimum Gasteiger partial charge on any atom is -0.480 e. The van der Waals surface area contributed by atoms with Gasteiger partial charge in [0.15, 0.2) is 11.7 Å². The zero-order valence-corrected chi connectivity index (χ0v) is 14.5. The fourth-order valence-corrected chi connectivity index (χ4v) is 2.91. The van der Waals surface area contributed by atoms with E-state index in [0.717, 1.165) is 11.1 Å². The fraction of sp³-hybridized carbons (Fsp3) is 0.444. The molecule has 1 aromatic rings. The lowest BCUT2D eigenvalue weighted by atomic mass is 9.82. The van der Waals surface area contributed by atoms with Crippen molar-refractivity contribution < 1.29 is 24.3 Å². The zero-order valence-electron chi connectivity index (χ0n) is 14.5. The molecule has 25 heavy (non-hydrogen) atoms. The summed E-state index contributed by atoms with van der Waals surface area (Å²) in [6.45, 7) is 5.17. The molecule has 134 valence electrons. The van der Waals surface area contributed by atoms with Gasteiger partial charge in [0.05, 0.1) is 0 Å². The minimum absolute atomic E-state index is 0.0375. The molecule has 0 saturated carbocycles. The van der Waals surface area contributed by atoms with Gasteiger partial charge in [-0.05, 0) is 26.3 Å². The number of aryl methyl sites for hydroxylation is 1. The van der Waals surface area contributed by atoms with Crippen LogP contribution in [0.5, 0.6) is 0 Å². The maximum absolute atomic E-state index is 12.8. The number of likely N-dealkylation sites (tertiary alicyclic amines) is 1. The number of carboxylic acids is 1. The van der Waals surface area contributed by atoms with Gasteiger partial charge in [0.25, 0.3) is 0 Å². The second-order valence-electron chi connectivity index (χ2n) is 6.91. The van der Waals surface area contributed by atoms with Crippen molar-refractivity contribution in [1.29, 1.82) is 0 Å². The third kappa shape index (κ3) is 4.23. The Balaban J connectivity index is 2.23. The molecule has 1 saturated heterocycles. The van der Waals surface area contributed by atoms with Crippen molar-refractivity contribution in [2.45, 2.75) is 39.3 Å². The van der Waals surface area contributed by atoms with Crippen molar-refractivity contribution in [2.24, 2.45) is 5.92 Å². The minimum atomic E-state index is -1.49. The van der Waals surface area contributed by atoms with E-state index in [1.165, 1.54) is 4.90 Å². The summed E-state index contributed by atoms with van der Waals surface area (Å²) in [5.74, 6) is -4.66. The van der Waals surface area contributed by atoms with Crippen molar-refractivity contribution in [3.63, 3.8) is 0 Å². The molecule has 1 aliphatic heterocycles. The molecule has 0 bridgehead atoms. The lowest BCUT2D eigenvalue weighted by Crippen LogP contribution is -2.60. The highest BCUT2D eigenvalue weighted by molar-refractivity contribution is 6.20. The van der Waals surface area contributed by atoms with Crippen LogP contribution >= 0.6 is 0 Å². The molecular formula is C18H22N2O5. The van der Waals surface area contributed by atoms with Gasteiger partial charge in [-0.3, -0.25) is 19.2 Å². The largest absolute Gasteiger partial charge is 0.480 e. The SMILES string of the molecule is Cc1ccc(CN2C(=O)C(C(=O)NCC(=O)O)C(=O)CC2(C)C)cc1. The molecule has 2 amide bonds. The van der Waals surface area contributed by atoms with E-state index >= 15 is 0 Å². The van der Waals surface area contributed by atoms with E-state index in [0.29, 0.717) is 0 Å². The van der Waals surface area contributed by atoms with Crippen molar-refractivity contribution in [1.82, 2.24) is 10.2 Å². The Hall–Kier alpha value is -2.70. The molecule has 0 spiro atoms. The lowest BCUT2D eigenvalue weighted by molar-refractivity contribution is -0.158. The van der Waals surface area contributed by atoms with Crippen LogP contribution in [0.1, 0.15) is 31.4 Å². The van der Waals surface area contributed by atoms with E-state index in [2.05, 4.69) is 5.32 Å². The number of benzene rings is 1. The first-order chi connectivity index (χ1) is 11.6. The number of aliphatic carboxylic acids is 1. The van der Waals surface area contributed by atoms with Crippen LogP contribution in [0.3, 0.4) is 0 Å². The first kappa shape index (κ1) is 18.6. The summed E-state index contributed by atoms with van der Waals surface area (Å²) in [5.41, 5.74) is 1.27. The Kier molecular flexibility index (Phi) is 5.25. The van der Waals surface area contributed by atoms with Crippen LogP contribution in [0, 0.1) is 12.8 Å². The van der Waals surface area contributed by atoms with E-state index in [4.69, 9.17) is 5.11 Å². The summed E-state index contributed by atoms with van der Waals surface area (Å²) < 4.78 is 0. The van der Waals surface area contributed by atoms with Gasteiger partial charge in [-0.25, -0.2) is 0 Å². The van der Waals surface area contributed by atoms with Gasteiger partial charge < -0.3 is 15.3 Å². The summed E-state index contributed by atoms with van der Waals surface area (Å²) >= 11 is 0. The zero-order chi connectivity index (χ0) is 18.8. The number of carboxylic acid groups (broad SMARTS) is 1. The predicted molar refractivity (Wildman–Crippen MR) is 89.6 cm³/mol. The summed E-state index contributed by atoms with van der Waals surface area (Å²) in [7, 11) is 0. The van der Waals surface area contributed by atoms with Gasteiger partial charge in [0.1, 0.15) is 6.54 Å². The van der Waals surface area contributed by atoms with Crippen molar-refractivity contribution >= 4 is 23.6 Å². The molecular weight excluding hydrogens is 324 g/mol. The lowest BCUT2D eigenvalue weighted by Gasteiger charge is -2.44. The Labute approximate surface area is 146 Å². The van der Waals surface area contributed by atoms with Crippen molar-refractivity contribution in [2.75, 3.05) is 6.54 Å². The van der Waals surface area contributed by atoms with Crippen LogP contribution < -0.4 is 5.32 Å². The topological polar surface area (TPSA) is 104 Å². The smallest absolute Gasteiger partial charge is 0.322 e. The number of Topliss-reactive ketones (excluding diaryl/α,β-unsaturated/α-hetero) is 1. The molecule has 1 atom stereocenters. The normalized spacial score (nSPS) is 19.6. The molecule has 2 N–H and O–H groups in total. The number of piperidine rings is 1. The van der Waals surface area contributed by atoms with Crippen LogP contribution in [-0.4, -0.2) is 45.7 Å². The number of ketones is 1. The second kappa shape index (κ2) is 7.04. The molecule has 1 fully saturated rings. The Morgan fingerprint density at radius 2 is 1.84 bits per heavy atom. The molecule has 0 radical (unpaired) electrons. The summed E-state index contributed by atoms with van der Waals surface area (Å²) in [6, 6.07) is 7.65. The first-order valence-electron chi connectivity index (χ1n) is 8.01. The number of hydrogen-bond donors (Lipinski definition) is 2. The molecule has 0 aliphatic carbocycles. The van der Waals surface area contributed by atoms with Crippen LogP contribution in [0.25, 0.3) is 0 Å². The molecule has 1 aromatic carbocycles. The van der Waals surface area contributed by atoms with Gasteiger partial charge in [0, 0.05) is 18.5 Å². The second-order valence-corrected chi connectivity index (χ2v) is 6.91. The quantitative estimate of drug-likeness (QED) is 0.771. The maximum atomic E-state index is 12.8. The molecule has 7 nitrogen and oxygen atoms in total.